The molecule has 0 unspecified atom stereocenters. The highest BCUT2D eigenvalue weighted by Crippen LogP contribution is 2.47. The van der Waals surface area contributed by atoms with Crippen molar-refractivity contribution in [3.63, 3.8) is 0 Å². The van der Waals surface area contributed by atoms with Crippen molar-refractivity contribution < 1.29 is 19.4 Å². The predicted molar refractivity (Wildman–Crippen MR) is 159 cm³/mol. The maximum atomic E-state index is 10.9. The summed E-state index contributed by atoms with van der Waals surface area (Å²) in [6.07, 6.45) is 4.26. The summed E-state index contributed by atoms with van der Waals surface area (Å²) in [5, 5.41) is 12.4. The van der Waals surface area contributed by atoms with E-state index in [1.807, 2.05) is 12.1 Å². The van der Waals surface area contributed by atoms with Gasteiger partial charge in [-0.3, -0.25) is 0 Å². The molecule has 1 aliphatic carbocycles. The van der Waals surface area contributed by atoms with Crippen LogP contribution in [0.1, 0.15) is 77.8 Å². The Kier molecular flexibility index (Phi) is 9.01. The van der Waals surface area contributed by atoms with Gasteiger partial charge < -0.3 is 19.9 Å². The van der Waals surface area contributed by atoms with Crippen LogP contribution in [0.4, 0.5) is 4.79 Å². The van der Waals surface area contributed by atoms with E-state index in [0.717, 1.165) is 66.8 Å². The lowest BCUT2D eigenvalue weighted by Crippen LogP contribution is -2.33. The van der Waals surface area contributed by atoms with Gasteiger partial charge in [0.2, 0.25) is 0 Å². The molecule has 0 saturated heterocycles. The quantitative estimate of drug-likeness (QED) is 0.148. The van der Waals surface area contributed by atoms with E-state index in [1.54, 1.807) is 12.1 Å². The Balaban J connectivity index is 1.67. The average Bonchev–Trinajstić information content (AvgIpc) is 2.91. The Bertz CT molecular complexity index is 1280. The molecule has 2 N–H and O–H groups in total. The van der Waals surface area contributed by atoms with Gasteiger partial charge >= 0.3 is 6.16 Å². The zero-order valence-corrected chi connectivity index (χ0v) is 24.1. The SMILES string of the molecule is CCCNCCCCOc1ccc(-c2ccc(OC(=O)O)cc2)cc1-c1ccc2c(c1)C(C)(C)CCC2(C)C. The number of rotatable bonds is 11. The molecule has 39 heavy (non-hydrogen) atoms. The van der Waals surface area contributed by atoms with Crippen LogP contribution in [0.2, 0.25) is 0 Å². The summed E-state index contributed by atoms with van der Waals surface area (Å²) in [5.41, 5.74) is 7.40. The van der Waals surface area contributed by atoms with E-state index in [4.69, 9.17) is 14.6 Å². The Hall–Kier alpha value is -3.31. The molecular formula is C34H43NO4. The number of carboxylic acid groups (broad SMARTS) is 1. The van der Waals surface area contributed by atoms with Crippen molar-refractivity contribution in [3.8, 4) is 33.8 Å². The summed E-state index contributed by atoms with van der Waals surface area (Å²) in [4.78, 5) is 10.9. The van der Waals surface area contributed by atoms with Crippen molar-refractivity contribution in [1.82, 2.24) is 5.32 Å². The molecule has 0 aliphatic heterocycles. The number of hydrogen-bond acceptors (Lipinski definition) is 4. The number of unbranched alkanes of at least 4 members (excludes halogenated alkanes) is 1. The van der Waals surface area contributed by atoms with E-state index in [-0.39, 0.29) is 10.8 Å². The standard InChI is InChI=1S/C34H43NO4/c1-6-19-35-20-7-8-21-38-31-16-12-25(24-9-13-27(14-10-24)39-32(36)37)22-28(31)26-11-15-29-30(23-26)34(4,5)18-17-33(29,2)3/h9-16,22-23,35H,6-8,17-21H2,1-5H3,(H,36,37). The van der Waals surface area contributed by atoms with Gasteiger partial charge in [0.25, 0.3) is 0 Å². The molecule has 4 rings (SSSR count). The van der Waals surface area contributed by atoms with Crippen LogP contribution in [0.5, 0.6) is 11.5 Å². The fourth-order valence-corrected chi connectivity index (χ4v) is 5.47. The molecule has 5 nitrogen and oxygen atoms in total. The Morgan fingerprint density at radius 2 is 1.49 bits per heavy atom. The highest BCUT2D eigenvalue weighted by atomic mass is 16.7. The highest BCUT2D eigenvalue weighted by Gasteiger charge is 2.37. The van der Waals surface area contributed by atoms with E-state index >= 15 is 0 Å². The lowest BCUT2D eigenvalue weighted by molar-refractivity contribution is 0.144. The van der Waals surface area contributed by atoms with Crippen molar-refractivity contribution in [2.45, 2.75) is 77.6 Å². The van der Waals surface area contributed by atoms with Gasteiger partial charge in [-0.15, -0.1) is 0 Å². The molecule has 0 heterocycles. The van der Waals surface area contributed by atoms with Gasteiger partial charge in [-0.2, -0.15) is 0 Å². The third-order valence-electron chi connectivity index (χ3n) is 7.97. The number of ether oxygens (including phenoxy) is 2. The summed E-state index contributed by atoms with van der Waals surface area (Å²) in [6.45, 7) is 14.3. The molecular weight excluding hydrogens is 486 g/mol. The molecule has 3 aromatic rings. The van der Waals surface area contributed by atoms with Gasteiger partial charge in [0.15, 0.2) is 0 Å². The largest absolute Gasteiger partial charge is 0.511 e. The van der Waals surface area contributed by atoms with Crippen molar-refractivity contribution >= 4 is 6.16 Å². The fraction of sp³-hybridized carbons (Fsp3) is 0.441. The van der Waals surface area contributed by atoms with Crippen LogP contribution in [0.15, 0.2) is 60.7 Å². The number of carbonyl (C=O) groups is 1. The third kappa shape index (κ3) is 7.02. The van der Waals surface area contributed by atoms with Crippen LogP contribution in [-0.4, -0.2) is 31.0 Å². The minimum absolute atomic E-state index is 0.116. The van der Waals surface area contributed by atoms with E-state index < -0.39 is 6.16 Å². The van der Waals surface area contributed by atoms with Gasteiger partial charge in [-0.05, 0) is 108 Å². The van der Waals surface area contributed by atoms with E-state index in [1.165, 1.54) is 17.5 Å². The highest BCUT2D eigenvalue weighted by molar-refractivity contribution is 5.79. The lowest BCUT2D eigenvalue weighted by atomic mass is 9.63. The Labute approximate surface area is 233 Å². The van der Waals surface area contributed by atoms with Gasteiger partial charge in [-0.1, -0.05) is 71.0 Å². The normalized spacial score (nSPS) is 15.4. The van der Waals surface area contributed by atoms with E-state index in [2.05, 4.69) is 76.3 Å². The molecule has 0 saturated carbocycles. The summed E-state index contributed by atoms with van der Waals surface area (Å²) in [6, 6.07) is 20.4. The average molecular weight is 530 g/mol. The first kappa shape index (κ1) is 28.7. The first-order chi connectivity index (χ1) is 18.6. The van der Waals surface area contributed by atoms with Gasteiger partial charge in [0.1, 0.15) is 11.5 Å². The van der Waals surface area contributed by atoms with Gasteiger partial charge in [-0.25, -0.2) is 4.79 Å². The molecule has 0 fully saturated rings. The number of nitrogens with one attached hydrogen (secondary N) is 1. The van der Waals surface area contributed by atoms with Crippen molar-refractivity contribution in [1.29, 1.82) is 0 Å². The second-order valence-corrected chi connectivity index (χ2v) is 11.9. The number of hydrogen-bond donors (Lipinski definition) is 2. The smallest absolute Gasteiger partial charge is 0.493 e. The molecule has 208 valence electrons. The molecule has 0 radical (unpaired) electrons. The van der Waals surface area contributed by atoms with Crippen LogP contribution in [0.25, 0.3) is 22.3 Å². The molecule has 3 aromatic carbocycles. The Morgan fingerprint density at radius 3 is 2.18 bits per heavy atom. The number of benzene rings is 3. The lowest BCUT2D eigenvalue weighted by Gasteiger charge is -2.42. The van der Waals surface area contributed by atoms with E-state index in [9.17, 15) is 4.79 Å². The first-order valence-electron chi connectivity index (χ1n) is 14.2. The molecule has 0 bridgehead atoms. The Morgan fingerprint density at radius 1 is 0.821 bits per heavy atom. The van der Waals surface area contributed by atoms with Crippen molar-refractivity contribution in [2.24, 2.45) is 0 Å². The van der Waals surface area contributed by atoms with Crippen LogP contribution in [0, 0.1) is 0 Å². The van der Waals surface area contributed by atoms with Crippen molar-refractivity contribution in [3.05, 3.63) is 71.8 Å². The zero-order valence-electron chi connectivity index (χ0n) is 24.1. The minimum atomic E-state index is -1.31. The van der Waals surface area contributed by atoms with Crippen LogP contribution in [0.3, 0.4) is 0 Å². The van der Waals surface area contributed by atoms with Crippen molar-refractivity contribution in [2.75, 3.05) is 19.7 Å². The monoisotopic (exact) mass is 529 g/mol. The maximum Gasteiger partial charge on any atom is 0.511 e. The predicted octanol–water partition coefficient (Wildman–Crippen LogP) is 8.59. The molecule has 0 atom stereocenters. The van der Waals surface area contributed by atoms with Gasteiger partial charge in [0, 0.05) is 5.56 Å². The topological polar surface area (TPSA) is 67.8 Å². The van der Waals surface area contributed by atoms with E-state index in [0.29, 0.717) is 12.4 Å². The first-order valence-corrected chi connectivity index (χ1v) is 14.2. The summed E-state index contributed by atoms with van der Waals surface area (Å²) >= 11 is 0. The second-order valence-electron chi connectivity index (χ2n) is 11.9. The molecule has 0 aromatic heterocycles. The summed E-state index contributed by atoms with van der Waals surface area (Å²) in [7, 11) is 0. The minimum Gasteiger partial charge on any atom is -0.493 e. The summed E-state index contributed by atoms with van der Waals surface area (Å²) < 4.78 is 11.2. The van der Waals surface area contributed by atoms with Gasteiger partial charge in [0.05, 0.1) is 6.61 Å². The van der Waals surface area contributed by atoms with Crippen LogP contribution >= 0.6 is 0 Å². The zero-order chi connectivity index (χ0) is 28.0. The molecule has 1 aliphatic rings. The second kappa shape index (κ2) is 12.3. The molecule has 0 amide bonds. The van der Waals surface area contributed by atoms with Crippen LogP contribution in [-0.2, 0) is 10.8 Å². The fourth-order valence-electron chi connectivity index (χ4n) is 5.47. The third-order valence-corrected chi connectivity index (χ3v) is 7.97. The maximum absolute atomic E-state index is 10.9. The summed E-state index contributed by atoms with van der Waals surface area (Å²) in [5.74, 6) is 1.19. The van der Waals surface area contributed by atoms with Crippen LogP contribution < -0.4 is 14.8 Å². The number of fused-ring (bicyclic) bond motifs is 1. The molecule has 0 spiro atoms. The molecule has 5 heteroatoms.